The number of hydrogen-bond acceptors (Lipinski definition) is 7. The average Bonchev–Trinajstić information content (AvgIpc) is 2.38. The molecule has 0 spiro atoms. The molecule has 0 aromatic heterocycles. The van der Waals surface area contributed by atoms with Crippen LogP contribution in [0.1, 0.15) is 20.3 Å². The first-order valence-corrected chi connectivity index (χ1v) is 5.76. The summed E-state index contributed by atoms with van der Waals surface area (Å²) in [5.41, 5.74) is 0. The first-order chi connectivity index (χ1) is 9.29. The van der Waals surface area contributed by atoms with Crippen molar-refractivity contribution in [2.24, 2.45) is 11.2 Å². The van der Waals surface area contributed by atoms with Crippen LogP contribution in [0.25, 0.3) is 0 Å². The molecule has 0 saturated heterocycles. The highest BCUT2D eigenvalue weighted by Crippen LogP contribution is 2.11. The van der Waals surface area contributed by atoms with Crippen molar-refractivity contribution in [2.75, 3.05) is 21.0 Å². The summed E-state index contributed by atoms with van der Waals surface area (Å²) in [7, 11) is 2.37. The van der Waals surface area contributed by atoms with E-state index in [0.717, 1.165) is 12.1 Å². The number of carboxylic acid groups (broad SMARTS) is 1. The molecule has 20 heavy (non-hydrogen) atoms. The zero-order valence-electron chi connectivity index (χ0n) is 11.8. The Labute approximate surface area is 116 Å². The molecule has 0 fully saturated rings. The van der Waals surface area contributed by atoms with Gasteiger partial charge in [-0.2, -0.15) is 0 Å². The molecule has 10 heteroatoms. The summed E-state index contributed by atoms with van der Waals surface area (Å²) in [5.74, 6) is -1.07. The second-order valence-electron chi connectivity index (χ2n) is 4.24. The predicted octanol–water partition coefficient (Wildman–Crippen LogP) is 0.967. The molecule has 0 aromatic carbocycles. The van der Waals surface area contributed by atoms with Crippen LogP contribution >= 0.6 is 0 Å². The van der Waals surface area contributed by atoms with Crippen molar-refractivity contribution in [3.05, 3.63) is 5.21 Å². The molecule has 0 unspecified atom stereocenters. The molecule has 1 N–H and O–H groups in total. The van der Waals surface area contributed by atoms with Crippen LogP contribution in [0.3, 0.4) is 0 Å². The topological polar surface area (TPSA) is 124 Å². The summed E-state index contributed by atoms with van der Waals surface area (Å²) >= 11 is 0. The lowest BCUT2D eigenvalue weighted by Crippen LogP contribution is -2.43. The summed E-state index contributed by atoms with van der Waals surface area (Å²) in [6.45, 7) is 3.04. The lowest BCUT2D eigenvalue weighted by molar-refractivity contribution is -0.711. The summed E-state index contributed by atoms with van der Waals surface area (Å²) in [5, 5.41) is 24.5. The van der Waals surface area contributed by atoms with Gasteiger partial charge in [0.05, 0.1) is 19.1 Å². The third kappa shape index (κ3) is 6.61. The van der Waals surface area contributed by atoms with E-state index in [-0.39, 0.29) is 17.3 Å². The van der Waals surface area contributed by atoms with Crippen molar-refractivity contribution < 1.29 is 34.0 Å². The molecule has 0 radical (unpaired) electrons. The molecular formula is C10H19N3O7. The minimum absolute atomic E-state index is 0.0260. The lowest BCUT2D eigenvalue weighted by Gasteiger charge is -2.21. The first kappa shape index (κ1) is 17.7. The van der Waals surface area contributed by atoms with Crippen LogP contribution in [-0.2, 0) is 19.1 Å². The van der Waals surface area contributed by atoms with E-state index in [1.807, 2.05) is 13.8 Å². The van der Waals surface area contributed by atoms with Crippen LogP contribution < -0.4 is 0 Å². The number of methoxy groups -OCH3 is 1. The van der Waals surface area contributed by atoms with Gasteiger partial charge in [0.15, 0.2) is 6.04 Å². The van der Waals surface area contributed by atoms with Crippen molar-refractivity contribution in [3.8, 4) is 0 Å². The van der Waals surface area contributed by atoms with Gasteiger partial charge in [-0.25, -0.2) is 9.59 Å². The van der Waals surface area contributed by atoms with Crippen LogP contribution in [0.4, 0.5) is 4.79 Å². The third-order valence-electron chi connectivity index (χ3n) is 2.22. The highest BCUT2D eigenvalue weighted by atomic mass is 16.8. The highest BCUT2D eigenvalue weighted by Gasteiger charge is 2.29. The molecule has 10 nitrogen and oxygen atoms in total. The quantitative estimate of drug-likeness (QED) is 0.175. The summed E-state index contributed by atoms with van der Waals surface area (Å²) < 4.78 is 8.47. The summed E-state index contributed by atoms with van der Waals surface area (Å²) in [6, 6.07) is -1.04. The highest BCUT2D eigenvalue weighted by molar-refractivity contribution is 5.73. The standard InChI is InChI=1S/C10H19N3O7/c1-7(2)5-8(9(14)15)12(3)13(17)11-20-6-19-10(16)18-4/h7-8H,5-6H2,1-4H3,(H,14,15)/b13-11-/t8-/m0/s1. The molecule has 1 atom stereocenters. The van der Waals surface area contributed by atoms with E-state index >= 15 is 0 Å². The van der Waals surface area contributed by atoms with Crippen molar-refractivity contribution in [1.29, 1.82) is 0 Å². The molecule has 0 amide bonds. The fourth-order valence-corrected chi connectivity index (χ4v) is 1.24. The number of ether oxygens (including phenoxy) is 2. The number of nitrogens with zero attached hydrogens (tertiary/aromatic N) is 3. The molecule has 0 aromatic rings. The van der Waals surface area contributed by atoms with E-state index in [9.17, 15) is 14.8 Å². The lowest BCUT2D eigenvalue weighted by atomic mass is 10.0. The molecule has 0 aliphatic rings. The largest absolute Gasteiger partial charge is 0.569 e. The monoisotopic (exact) mass is 293 g/mol. The SMILES string of the molecule is COC(=O)OCO/N=[N+](\[O-])N(C)[C@@H](CC(C)C)C(=O)O. The Hall–Kier alpha value is -2.26. The van der Waals surface area contributed by atoms with Crippen molar-refractivity contribution in [3.63, 3.8) is 0 Å². The van der Waals surface area contributed by atoms with Crippen LogP contribution in [0.2, 0.25) is 0 Å². The number of rotatable bonds is 8. The molecule has 0 rings (SSSR count). The van der Waals surface area contributed by atoms with Crippen LogP contribution in [0, 0.1) is 11.1 Å². The van der Waals surface area contributed by atoms with Crippen LogP contribution in [0.15, 0.2) is 5.28 Å². The maximum Gasteiger partial charge on any atom is 0.510 e. The third-order valence-corrected chi connectivity index (χ3v) is 2.22. The minimum Gasteiger partial charge on any atom is -0.569 e. The van der Waals surface area contributed by atoms with Gasteiger partial charge >= 0.3 is 12.1 Å². The second-order valence-corrected chi connectivity index (χ2v) is 4.24. The Morgan fingerprint density at radius 3 is 2.50 bits per heavy atom. The van der Waals surface area contributed by atoms with Crippen molar-refractivity contribution in [1.82, 2.24) is 5.01 Å². The minimum atomic E-state index is -1.15. The Morgan fingerprint density at radius 2 is 2.05 bits per heavy atom. The van der Waals surface area contributed by atoms with E-state index in [0.29, 0.717) is 0 Å². The maximum atomic E-state index is 11.5. The van der Waals surface area contributed by atoms with Gasteiger partial charge in [0.2, 0.25) is 5.28 Å². The zero-order chi connectivity index (χ0) is 15.7. The van der Waals surface area contributed by atoms with Crippen molar-refractivity contribution in [2.45, 2.75) is 26.3 Å². The number of carboxylic acids is 1. The zero-order valence-corrected chi connectivity index (χ0v) is 11.8. The smallest absolute Gasteiger partial charge is 0.510 e. The van der Waals surface area contributed by atoms with E-state index in [2.05, 4.69) is 19.6 Å². The van der Waals surface area contributed by atoms with Gasteiger partial charge in [-0.15, -0.1) is 5.01 Å². The Kier molecular flexibility index (Phi) is 7.78. The van der Waals surface area contributed by atoms with Gasteiger partial charge in [-0.05, 0) is 12.3 Å². The van der Waals surface area contributed by atoms with Crippen molar-refractivity contribution >= 4 is 12.1 Å². The number of carbonyl (C=O) groups is 2. The van der Waals surface area contributed by atoms with Gasteiger partial charge in [0, 0.05) is 0 Å². The van der Waals surface area contributed by atoms with Gasteiger partial charge < -0.3 is 24.6 Å². The number of carbonyl (C=O) groups excluding carboxylic acids is 1. The summed E-state index contributed by atoms with van der Waals surface area (Å²) in [4.78, 5) is 26.0. The normalized spacial score (nSPS) is 12.8. The van der Waals surface area contributed by atoms with E-state index in [1.165, 1.54) is 7.05 Å². The Balaban J connectivity index is 4.44. The number of likely N-dealkylation sites (N-methyl/N-ethyl adjacent to an activating group) is 1. The fraction of sp³-hybridized carbons (Fsp3) is 0.800. The Morgan fingerprint density at radius 1 is 1.45 bits per heavy atom. The van der Waals surface area contributed by atoms with Gasteiger partial charge in [-0.1, -0.05) is 13.8 Å². The molecular weight excluding hydrogens is 274 g/mol. The fourth-order valence-electron chi connectivity index (χ4n) is 1.24. The van der Waals surface area contributed by atoms with E-state index in [4.69, 9.17) is 5.11 Å². The Bertz CT molecular complexity index is 359. The van der Waals surface area contributed by atoms with Crippen LogP contribution in [-0.4, -0.2) is 54.2 Å². The van der Waals surface area contributed by atoms with Gasteiger partial charge in [-0.3, -0.25) is 0 Å². The van der Waals surface area contributed by atoms with Gasteiger partial charge in [0.25, 0.3) is 6.79 Å². The summed E-state index contributed by atoms with van der Waals surface area (Å²) in [6.07, 6.45) is -0.729. The molecule has 0 aliphatic carbocycles. The first-order valence-electron chi connectivity index (χ1n) is 5.76. The van der Waals surface area contributed by atoms with E-state index in [1.54, 1.807) is 0 Å². The predicted molar refractivity (Wildman–Crippen MR) is 64.1 cm³/mol. The maximum absolute atomic E-state index is 11.5. The van der Waals surface area contributed by atoms with Gasteiger partial charge in [0.1, 0.15) is 0 Å². The molecule has 116 valence electrons. The average molecular weight is 293 g/mol. The molecule has 0 saturated carbocycles. The van der Waals surface area contributed by atoms with Crippen LogP contribution in [0.5, 0.6) is 0 Å². The molecule has 0 heterocycles. The number of aliphatic carboxylic acids is 1. The molecule has 0 aliphatic heterocycles. The second kappa shape index (κ2) is 8.77. The van der Waals surface area contributed by atoms with E-state index < -0.39 is 25.0 Å². The molecule has 0 bridgehead atoms. The number of hydrogen-bond donors (Lipinski definition) is 1. The number of hydrazine groups is 1.